The molecule has 0 spiro atoms. The highest BCUT2D eigenvalue weighted by Gasteiger charge is 2.24. The standard InChI is InChI=1S/C10H17NO/c1-4-5-6-7-9(12)10(2,3)8-11/h1H,5-8,11H2,2-3H3. The Balaban J connectivity index is 3.81. The summed E-state index contributed by atoms with van der Waals surface area (Å²) in [5.41, 5.74) is 5.07. The monoisotopic (exact) mass is 167 g/mol. The molecule has 0 aromatic rings. The van der Waals surface area contributed by atoms with Gasteiger partial charge in [0.1, 0.15) is 5.78 Å². The van der Waals surface area contributed by atoms with Gasteiger partial charge in [-0.3, -0.25) is 4.79 Å². The van der Waals surface area contributed by atoms with E-state index in [0.717, 1.165) is 6.42 Å². The van der Waals surface area contributed by atoms with E-state index in [2.05, 4.69) is 5.92 Å². The molecule has 0 aliphatic carbocycles. The van der Waals surface area contributed by atoms with Crippen LogP contribution in [0.5, 0.6) is 0 Å². The largest absolute Gasteiger partial charge is 0.329 e. The van der Waals surface area contributed by atoms with Crippen molar-refractivity contribution in [1.82, 2.24) is 0 Å². The van der Waals surface area contributed by atoms with Crippen molar-refractivity contribution in [3.63, 3.8) is 0 Å². The third-order valence-electron chi connectivity index (χ3n) is 1.99. The van der Waals surface area contributed by atoms with Crippen LogP contribution in [0.15, 0.2) is 0 Å². The average molecular weight is 167 g/mol. The van der Waals surface area contributed by atoms with Gasteiger partial charge in [0.15, 0.2) is 0 Å². The molecule has 0 saturated carbocycles. The number of unbranched alkanes of at least 4 members (excludes halogenated alkanes) is 1. The van der Waals surface area contributed by atoms with Crippen molar-refractivity contribution in [1.29, 1.82) is 0 Å². The Morgan fingerprint density at radius 1 is 1.58 bits per heavy atom. The number of hydrogen-bond donors (Lipinski definition) is 1. The molecule has 0 rings (SSSR count). The van der Waals surface area contributed by atoms with Crippen molar-refractivity contribution in [2.75, 3.05) is 6.54 Å². The number of rotatable bonds is 5. The second kappa shape index (κ2) is 4.95. The first-order valence-electron chi connectivity index (χ1n) is 4.21. The summed E-state index contributed by atoms with van der Waals surface area (Å²) in [5, 5.41) is 0. The van der Waals surface area contributed by atoms with Crippen molar-refractivity contribution in [3.8, 4) is 12.3 Å². The average Bonchev–Trinajstić information content (AvgIpc) is 2.05. The molecule has 0 heterocycles. The molecule has 68 valence electrons. The fraction of sp³-hybridized carbons (Fsp3) is 0.700. The number of nitrogens with two attached hydrogens (primary N) is 1. The van der Waals surface area contributed by atoms with Crippen molar-refractivity contribution in [2.24, 2.45) is 11.1 Å². The quantitative estimate of drug-likeness (QED) is 0.496. The minimum Gasteiger partial charge on any atom is -0.329 e. The molecule has 0 aliphatic heterocycles. The maximum Gasteiger partial charge on any atom is 0.139 e. The number of terminal acetylenes is 1. The number of Topliss-reactive ketones (excluding diaryl/α,β-unsaturated/α-hetero) is 1. The fourth-order valence-electron chi connectivity index (χ4n) is 0.803. The van der Waals surface area contributed by atoms with Crippen LogP contribution >= 0.6 is 0 Å². The highest BCUT2D eigenvalue weighted by molar-refractivity contribution is 5.84. The van der Waals surface area contributed by atoms with E-state index in [-0.39, 0.29) is 11.2 Å². The van der Waals surface area contributed by atoms with Crippen LogP contribution in [-0.2, 0) is 4.79 Å². The van der Waals surface area contributed by atoms with E-state index >= 15 is 0 Å². The molecule has 0 radical (unpaired) electrons. The molecule has 0 aromatic heterocycles. The van der Waals surface area contributed by atoms with Crippen LogP contribution in [0.4, 0.5) is 0 Å². The summed E-state index contributed by atoms with van der Waals surface area (Å²) in [6.45, 7) is 4.14. The van der Waals surface area contributed by atoms with Crippen LogP contribution in [0.25, 0.3) is 0 Å². The third-order valence-corrected chi connectivity index (χ3v) is 1.99. The summed E-state index contributed by atoms with van der Waals surface area (Å²) in [6, 6.07) is 0. The molecule has 0 amide bonds. The van der Waals surface area contributed by atoms with Gasteiger partial charge in [0.05, 0.1) is 0 Å². The van der Waals surface area contributed by atoms with Crippen LogP contribution in [0, 0.1) is 17.8 Å². The lowest BCUT2D eigenvalue weighted by Crippen LogP contribution is -2.32. The molecule has 12 heavy (non-hydrogen) atoms. The van der Waals surface area contributed by atoms with Crippen LogP contribution in [0.1, 0.15) is 33.1 Å². The van der Waals surface area contributed by atoms with Crippen LogP contribution < -0.4 is 5.73 Å². The fourth-order valence-corrected chi connectivity index (χ4v) is 0.803. The summed E-state index contributed by atoms with van der Waals surface area (Å²) in [6.07, 6.45) is 7.07. The predicted molar refractivity (Wildman–Crippen MR) is 50.5 cm³/mol. The van der Waals surface area contributed by atoms with E-state index in [1.54, 1.807) is 0 Å². The zero-order chi connectivity index (χ0) is 9.61. The van der Waals surface area contributed by atoms with Crippen molar-refractivity contribution < 1.29 is 4.79 Å². The van der Waals surface area contributed by atoms with E-state index in [1.165, 1.54) is 0 Å². The van der Waals surface area contributed by atoms with Gasteiger partial charge < -0.3 is 5.73 Å². The lowest BCUT2D eigenvalue weighted by atomic mass is 9.86. The molecule has 0 saturated heterocycles. The van der Waals surface area contributed by atoms with Crippen LogP contribution in [0.3, 0.4) is 0 Å². The predicted octanol–water partition coefficient (Wildman–Crippen LogP) is 1.34. The molecule has 2 nitrogen and oxygen atoms in total. The molecule has 0 aliphatic rings. The minimum absolute atomic E-state index is 0.209. The Morgan fingerprint density at radius 2 is 2.17 bits per heavy atom. The van der Waals surface area contributed by atoms with Crippen molar-refractivity contribution in [3.05, 3.63) is 0 Å². The molecular formula is C10H17NO. The highest BCUT2D eigenvalue weighted by Crippen LogP contribution is 2.17. The first kappa shape index (κ1) is 11.2. The SMILES string of the molecule is C#CCCCC(=O)C(C)(C)CN. The van der Waals surface area contributed by atoms with E-state index in [1.807, 2.05) is 13.8 Å². The summed E-state index contributed by atoms with van der Waals surface area (Å²) >= 11 is 0. The van der Waals surface area contributed by atoms with Gasteiger partial charge in [-0.1, -0.05) is 13.8 Å². The number of carbonyl (C=O) groups excluding carboxylic acids is 1. The summed E-state index contributed by atoms with van der Waals surface area (Å²) in [5.74, 6) is 2.72. The topological polar surface area (TPSA) is 43.1 Å². The number of ketones is 1. The molecule has 0 aromatic carbocycles. The lowest BCUT2D eigenvalue weighted by Gasteiger charge is -2.19. The van der Waals surface area contributed by atoms with E-state index in [4.69, 9.17) is 12.2 Å². The first-order valence-corrected chi connectivity index (χ1v) is 4.21. The maximum absolute atomic E-state index is 11.4. The van der Waals surface area contributed by atoms with Gasteiger partial charge >= 0.3 is 0 Å². The number of hydrogen-bond acceptors (Lipinski definition) is 2. The Kier molecular flexibility index (Phi) is 4.61. The minimum atomic E-state index is -0.380. The zero-order valence-electron chi connectivity index (χ0n) is 7.89. The Hall–Kier alpha value is -0.810. The Labute approximate surface area is 74.5 Å². The normalized spacial score (nSPS) is 10.8. The number of carbonyl (C=O) groups is 1. The summed E-state index contributed by atoms with van der Waals surface area (Å²) < 4.78 is 0. The first-order chi connectivity index (χ1) is 5.54. The van der Waals surface area contributed by atoms with Crippen LogP contribution in [-0.4, -0.2) is 12.3 Å². The highest BCUT2D eigenvalue weighted by atomic mass is 16.1. The Morgan fingerprint density at radius 3 is 2.58 bits per heavy atom. The van der Waals surface area contributed by atoms with Gasteiger partial charge in [0, 0.05) is 24.8 Å². The van der Waals surface area contributed by atoms with Gasteiger partial charge in [-0.2, -0.15) is 0 Å². The Bertz CT molecular complexity index is 189. The summed E-state index contributed by atoms with van der Waals surface area (Å²) in [4.78, 5) is 11.4. The zero-order valence-corrected chi connectivity index (χ0v) is 7.89. The third kappa shape index (κ3) is 3.54. The van der Waals surface area contributed by atoms with E-state index in [0.29, 0.717) is 19.4 Å². The lowest BCUT2D eigenvalue weighted by molar-refractivity contribution is -0.126. The van der Waals surface area contributed by atoms with Gasteiger partial charge in [-0.25, -0.2) is 0 Å². The van der Waals surface area contributed by atoms with Gasteiger partial charge in [-0.15, -0.1) is 12.3 Å². The van der Waals surface area contributed by atoms with Crippen molar-refractivity contribution in [2.45, 2.75) is 33.1 Å². The van der Waals surface area contributed by atoms with Crippen LogP contribution in [0.2, 0.25) is 0 Å². The summed E-state index contributed by atoms with van der Waals surface area (Å²) in [7, 11) is 0. The van der Waals surface area contributed by atoms with Crippen molar-refractivity contribution >= 4 is 5.78 Å². The smallest absolute Gasteiger partial charge is 0.139 e. The molecular weight excluding hydrogens is 150 g/mol. The van der Waals surface area contributed by atoms with Gasteiger partial charge in [0.2, 0.25) is 0 Å². The molecule has 0 bridgehead atoms. The van der Waals surface area contributed by atoms with Gasteiger partial charge in [0.25, 0.3) is 0 Å². The van der Waals surface area contributed by atoms with Gasteiger partial charge in [-0.05, 0) is 6.42 Å². The maximum atomic E-state index is 11.4. The molecule has 0 atom stereocenters. The molecule has 0 fully saturated rings. The molecule has 0 unspecified atom stereocenters. The molecule has 2 heteroatoms. The van der Waals surface area contributed by atoms with E-state index in [9.17, 15) is 4.79 Å². The second-order valence-electron chi connectivity index (χ2n) is 3.57. The second-order valence-corrected chi connectivity index (χ2v) is 3.57. The van der Waals surface area contributed by atoms with E-state index < -0.39 is 0 Å². The molecule has 2 N–H and O–H groups in total.